The summed E-state index contributed by atoms with van der Waals surface area (Å²) in [6, 6.07) is 1.23. The highest BCUT2D eigenvalue weighted by Gasteiger charge is 2.33. The molecule has 2 aromatic rings. The van der Waals surface area contributed by atoms with Crippen molar-refractivity contribution in [3.05, 3.63) is 34.4 Å². The summed E-state index contributed by atoms with van der Waals surface area (Å²) in [6.07, 6.45) is -2.47. The molecule has 2 heterocycles. The molecular weight excluding hydrogens is 197 g/mol. The molecule has 2 aromatic heterocycles. The number of halogens is 3. The van der Waals surface area contributed by atoms with Crippen LogP contribution in [0.25, 0.3) is 10.9 Å². The van der Waals surface area contributed by atoms with E-state index in [1.54, 1.807) is 0 Å². The predicted octanol–water partition coefficient (Wildman–Crippen LogP) is 1.87. The normalized spacial score (nSPS) is 12.2. The molecule has 0 spiro atoms. The highest BCUT2D eigenvalue weighted by Crippen LogP contribution is 2.32. The topological polar surface area (TPSA) is 48.6 Å². The fourth-order valence-corrected chi connectivity index (χ4v) is 1.30. The highest BCUT2D eigenvalue weighted by atomic mass is 19.4. The maximum atomic E-state index is 12.4. The summed E-state index contributed by atoms with van der Waals surface area (Å²) in [4.78, 5) is 15.6. The summed E-state index contributed by atoms with van der Waals surface area (Å²) in [5.74, 6) is 0. The molecule has 2 rings (SSSR count). The molecule has 0 aliphatic heterocycles. The minimum absolute atomic E-state index is 0.0557. The van der Waals surface area contributed by atoms with Crippen molar-refractivity contribution in [2.45, 2.75) is 6.18 Å². The first-order valence-electron chi connectivity index (χ1n) is 3.76. The van der Waals surface area contributed by atoms with Crippen molar-refractivity contribution in [1.82, 2.24) is 9.97 Å². The number of aromatic nitrogens is 2. The minimum Gasteiger partial charge on any atom is -0.357 e. The average Bonchev–Trinajstić information content (AvgIpc) is 2.50. The molecule has 0 unspecified atom stereocenters. The minimum atomic E-state index is -4.45. The molecule has 0 saturated heterocycles. The maximum absolute atomic E-state index is 12.4. The van der Waals surface area contributed by atoms with Gasteiger partial charge in [-0.05, 0) is 6.07 Å². The molecule has 0 bridgehead atoms. The highest BCUT2D eigenvalue weighted by molar-refractivity contribution is 5.82. The number of aromatic amines is 2. The largest absolute Gasteiger partial charge is 0.418 e. The molecule has 3 nitrogen and oxygen atoms in total. The van der Waals surface area contributed by atoms with E-state index in [0.717, 1.165) is 0 Å². The summed E-state index contributed by atoms with van der Waals surface area (Å²) in [7, 11) is 0. The molecule has 6 heteroatoms. The zero-order valence-electron chi connectivity index (χ0n) is 6.77. The quantitative estimate of drug-likeness (QED) is 0.673. The van der Waals surface area contributed by atoms with Gasteiger partial charge in [0.05, 0.1) is 5.56 Å². The third-order valence-electron chi connectivity index (χ3n) is 1.92. The van der Waals surface area contributed by atoms with Crippen LogP contribution in [-0.4, -0.2) is 9.97 Å². The number of rotatable bonds is 0. The van der Waals surface area contributed by atoms with Crippen LogP contribution in [0, 0.1) is 0 Å². The second-order valence-electron chi connectivity index (χ2n) is 2.80. The van der Waals surface area contributed by atoms with Crippen LogP contribution in [0.3, 0.4) is 0 Å². The molecule has 0 aliphatic rings. The summed E-state index contributed by atoms with van der Waals surface area (Å²) in [5, 5.41) is -0.110. The summed E-state index contributed by atoms with van der Waals surface area (Å²) >= 11 is 0. The first-order chi connectivity index (χ1) is 6.50. The lowest BCUT2D eigenvalue weighted by atomic mass is 10.2. The van der Waals surface area contributed by atoms with Crippen molar-refractivity contribution < 1.29 is 13.2 Å². The number of alkyl halides is 3. The Labute approximate surface area is 75.6 Å². The van der Waals surface area contributed by atoms with E-state index in [2.05, 4.69) is 4.98 Å². The average molecular weight is 202 g/mol. The summed E-state index contributed by atoms with van der Waals surface area (Å²) < 4.78 is 37.2. The van der Waals surface area contributed by atoms with E-state index in [9.17, 15) is 18.0 Å². The van der Waals surface area contributed by atoms with Crippen molar-refractivity contribution in [3.63, 3.8) is 0 Å². The Kier molecular flexibility index (Phi) is 1.67. The molecule has 0 aromatic carbocycles. The molecule has 74 valence electrons. The van der Waals surface area contributed by atoms with Gasteiger partial charge in [0.2, 0.25) is 0 Å². The zero-order chi connectivity index (χ0) is 10.3. The molecule has 0 atom stereocenters. The van der Waals surface area contributed by atoms with Crippen LogP contribution < -0.4 is 5.56 Å². The van der Waals surface area contributed by atoms with Gasteiger partial charge in [0, 0.05) is 17.8 Å². The van der Waals surface area contributed by atoms with Gasteiger partial charge in [0.25, 0.3) is 5.56 Å². The van der Waals surface area contributed by atoms with Gasteiger partial charge in [-0.2, -0.15) is 13.2 Å². The number of H-pyrrole nitrogens is 2. The fourth-order valence-electron chi connectivity index (χ4n) is 1.30. The van der Waals surface area contributed by atoms with Crippen molar-refractivity contribution in [2.24, 2.45) is 0 Å². The van der Waals surface area contributed by atoms with Crippen LogP contribution in [0.1, 0.15) is 5.56 Å². The molecule has 0 fully saturated rings. The molecule has 14 heavy (non-hydrogen) atoms. The van der Waals surface area contributed by atoms with E-state index in [0.29, 0.717) is 6.20 Å². The molecule has 0 aliphatic carbocycles. The third kappa shape index (κ3) is 1.19. The zero-order valence-corrected chi connectivity index (χ0v) is 6.77. The van der Waals surface area contributed by atoms with Crippen molar-refractivity contribution in [1.29, 1.82) is 0 Å². The van der Waals surface area contributed by atoms with Crippen LogP contribution in [0.2, 0.25) is 0 Å². The van der Waals surface area contributed by atoms with Crippen LogP contribution in [-0.2, 0) is 6.18 Å². The number of nitrogens with one attached hydrogen (secondary N) is 2. The standard InChI is InChI=1S/C8H5F3N2O/c9-8(10,11)5-3-13-7(14)6-4(5)1-2-12-6/h1-3,12H,(H,13,14). The summed E-state index contributed by atoms with van der Waals surface area (Å²) in [5.41, 5.74) is -1.45. The number of hydrogen-bond donors (Lipinski definition) is 2. The molecule has 0 amide bonds. The molecular formula is C8H5F3N2O. The van der Waals surface area contributed by atoms with Gasteiger partial charge in [-0.15, -0.1) is 0 Å². The lowest BCUT2D eigenvalue weighted by Gasteiger charge is -2.06. The number of hydrogen-bond acceptors (Lipinski definition) is 1. The Morgan fingerprint density at radius 1 is 1.21 bits per heavy atom. The van der Waals surface area contributed by atoms with Crippen LogP contribution in [0.15, 0.2) is 23.3 Å². The van der Waals surface area contributed by atoms with E-state index in [1.807, 2.05) is 4.98 Å². The van der Waals surface area contributed by atoms with Crippen LogP contribution >= 0.6 is 0 Å². The molecule has 0 radical (unpaired) electrons. The Morgan fingerprint density at radius 2 is 1.93 bits per heavy atom. The van der Waals surface area contributed by atoms with E-state index >= 15 is 0 Å². The van der Waals surface area contributed by atoms with Crippen molar-refractivity contribution in [3.8, 4) is 0 Å². The maximum Gasteiger partial charge on any atom is 0.418 e. The van der Waals surface area contributed by atoms with Crippen LogP contribution in [0.4, 0.5) is 13.2 Å². The molecule has 2 N–H and O–H groups in total. The van der Waals surface area contributed by atoms with E-state index in [-0.39, 0.29) is 10.9 Å². The molecule has 0 saturated carbocycles. The fraction of sp³-hybridized carbons (Fsp3) is 0.125. The second-order valence-corrected chi connectivity index (χ2v) is 2.80. The Hall–Kier alpha value is -1.72. The van der Waals surface area contributed by atoms with Gasteiger partial charge in [-0.3, -0.25) is 4.79 Å². The summed E-state index contributed by atoms with van der Waals surface area (Å²) in [6.45, 7) is 0. The first kappa shape index (κ1) is 8.86. The second kappa shape index (κ2) is 2.63. The van der Waals surface area contributed by atoms with Gasteiger partial charge in [0.15, 0.2) is 0 Å². The van der Waals surface area contributed by atoms with Gasteiger partial charge in [-0.1, -0.05) is 0 Å². The third-order valence-corrected chi connectivity index (χ3v) is 1.92. The Morgan fingerprint density at radius 3 is 2.57 bits per heavy atom. The van der Waals surface area contributed by atoms with E-state index in [4.69, 9.17) is 0 Å². The Bertz CT molecular complexity index is 523. The smallest absolute Gasteiger partial charge is 0.357 e. The number of pyridine rings is 1. The van der Waals surface area contributed by atoms with Crippen LogP contribution in [0.5, 0.6) is 0 Å². The first-order valence-corrected chi connectivity index (χ1v) is 3.76. The Balaban J connectivity index is 2.86. The monoisotopic (exact) mass is 202 g/mol. The van der Waals surface area contributed by atoms with Crippen molar-refractivity contribution in [2.75, 3.05) is 0 Å². The van der Waals surface area contributed by atoms with E-state index < -0.39 is 17.3 Å². The van der Waals surface area contributed by atoms with Gasteiger partial charge >= 0.3 is 6.18 Å². The lowest BCUT2D eigenvalue weighted by molar-refractivity contribution is -0.136. The van der Waals surface area contributed by atoms with Gasteiger partial charge in [-0.25, -0.2) is 0 Å². The van der Waals surface area contributed by atoms with Gasteiger partial charge < -0.3 is 9.97 Å². The number of fused-ring (bicyclic) bond motifs is 1. The lowest BCUT2D eigenvalue weighted by Crippen LogP contribution is -2.12. The van der Waals surface area contributed by atoms with Gasteiger partial charge in [0.1, 0.15) is 5.52 Å². The SMILES string of the molecule is O=c1[nH]cc(C(F)(F)F)c2cc[nH]c12. The van der Waals surface area contributed by atoms with Crippen molar-refractivity contribution >= 4 is 10.9 Å². The predicted molar refractivity (Wildman–Crippen MR) is 43.9 cm³/mol. The van der Waals surface area contributed by atoms with E-state index in [1.165, 1.54) is 12.3 Å².